The van der Waals surface area contributed by atoms with Crippen LogP contribution in [-0.2, 0) is 29.8 Å². The van der Waals surface area contributed by atoms with Gasteiger partial charge in [0, 0.05) is 35.8 Å². The summed E-state index contributed by atoms with van der Waals surface area (Å²) in [7, 11) is -10.5. The number of rotatable bonds is 22. The molecule has 4 aromatic carbocycles. The van der Waals surface area contributed by atoms with Gasteiger partial charge in [0.05, 0.1) is 33.8 Å². The van der Waals surface area contributed by atoms with Crippen LogP contribution < -0.4 is 91.0 Å². The van der Waals surface area contributed by atoms with E-state index < -0.39 is 53.9 Å². The van der Waals surface area contributed by atoms with Crippen molar-refractivity contribution in [2.24, 2.45) is 0 Å². The van der Waals surface area contributed by atoms with Gasteiger partial charge in [-0.3, -0.25) is 9.59 Å². The van der Waals surface area contributed by atoms with Crippen LogP contribution in [0.2, 0.25) is 0 Å². The Morgan fingerprint density at radius 2 is 0.743 bits per heavy atom. The minimum atomic E-state index is -5.25. The van der Waals surface area contributed by atoms with Gasteiger partial charge < -0.3 is 61.4 Å². The molecule has 0 unspecified atom stereocenters. The van der Waals surface area contributed by atoms with Crippen molar-refractivity contribution >= 4 is 115 Å². The van der Waals surface area contributed by atoms with Gasteiger partial charge in [-0.15, -0.1) is 0 Å². The van der Waals surface area contributed by atoms with Gasteiger partial charge in [-0.2, -0.15) is 29.9 Å². The summed E-state index contributed by atoms with van der Waals surface area (Å²) in [6.45, 7) is -0.216. The van der Waals surface area contributed by atoms with Crippen molar-refractivity contribution < 1.29 is 125 Å². The Kier molecular flexibility index (Phi) is 19.6. The molecular formula is C40H34N12Na2O14S2. The third kappa shape index (κ3) is 16.4. The van der Waals surface area contributed by atoms with E-state index in [0.29, 0.717) is 11.4 Å². The Bertz CT molecular complexity index is 2960. The molecular weight excluding hydrogens is 983 g/mol. The number of carboxylic acid groups (broad SMARTS) is 4. The fraction of sp³-hybridized carbons (Fsp3) is 0.100. The minimum Gasteiger partial charge on any atom is -0.744 e. The Morgan fingerprint density at radius 3 is 1.03 bits per heavy atom. The number of aromatic nitrogens is 6. The number of hydrogen-bond acceptors (Lipinski definition) is 22. The summed E-state index contributed by atoms with van der Waals surface area (Å²) in [5.41, 5.74) is 0.171. The zero-order valence-electron chi connectivity index (χ0n) is 36.4. The topological polar surface area (TPSA) is 413 Å². The van der Waals surface area contributed by atoms with Crippen LogP contribution in [0, 0.1) is 0 Å². The van der Waals surface area contributed by atoms with Crippen LogP contribution in [0.25, 0.3) is 12.2 Å². The number of hydrogen-bond donors (Lipinski definition) is 10. The van der Waals surface area contributed by atoms with Crippen LogP contribution in [0.5, 0.6) is 0 Å². The molecule has 0 amide bonds. The molecule has 30 heteroatoms. The number of benzene rings is 4. The number of carboxylic acids is 4. The van der Waals surface area contributed by atoms with Gasteiger partial charge in [-0.25, -0.2) is 26.4 Å². The molecule has 0 fully saturated rings. The maximum atomic E-state index is 12.6. The van der Waals surface area contributed by atoms with E-state index in [-0.39, 0.29) is 154 Å². The number of nitrogens with zero attached hydrogens (tertiary/aromatic N) is 6. The van der Waals surface area contributed by atoms with E-state index in [9.17, 15) is 55.3 Å². The van der Waals surface area contributed by atoms with Crippen LogP contribution in [0.3, 0.4) is 0 Å². The predicted molar refractivity (Wildman–Crippen MR) is 239 cm³/mol. The molecule has 0 aliphatic rings. The summed E-state index contributed by atoms with van der Waals surface area (Å²) in [4.78, 5) is 68.3. The van der Waals surface area contributed by atoms with Gasteiger partial charge in [-0.1, -0.05) is 24.3 Å². The third-order valence-corrected chi connectivity index (χ3v) is 10.6. The van der Waals surface area contributed by atoms with E-state index in [1.165, 1.54) is 72.8 Å². The molecule has 26 nitrogen and oxygen atoms in total. The maximum absolute atomic E-state index is 12.6. The second-order valence-electron chi connectivity index (χ2n) is 13.8. The van der Waals surface area contributed by atoms with Crippen molar-refractivity contribution in [2.75, 3.05) is 45.0 Å². The van der Waals surface area contributed by atoms with Crippen molar-refractivity contribution in [3.05, 3.63) is 107 Å². The normalized spacial score (nSPS) is 11.1. The largest absolute Gasteiger partial charge is 1.00 e. The Morgan fingerprint density at radius 1 is 0.457 bits per heavy atom. The number of carbonyl (C=O) groups is 4. The van der Waals surface area contributed by atoms with Gasteiger partial charge >= 0.3 is 83.0 Å². The SMILES string of the molecule is O=C(O)CCNc1nc(Nc2ccc(C(=O)O)cc2)nc(Nc2ccc(C=Cc3ccc(Nc4nc(NCCC(=O)O)nc(Nc5ccc(C(=O)O)cc5)n4)cc3S(=O)(=O)[O-])c(S(=O)(=O)[O-])c2)n1.[Na+].[Na+]. The van der Waals surface area contributed by atoms with Crippen molar-refractivity contribution in [2.45, 2.75) is 22.6 Å². The molecule has 6 rings (SSSR count). The van der Waals surface area contributed by atoms with Gasteiger partial charge in [0.25, 0.3) is 0 Å². The van der Waals surface area contributed by atoms with E-state index >= 15 is 0 Å². The van der Waals surface area contributed by atoms with Gasteiger partial charge in [-0.05, 0) is 83.9 Å². The molecule has 0 radical (unpaired) electrons. The second-order valence-corrected chi connectivity index (χ2v) is 16.5. The minimum absolute atomic E-state index is 0. The number of aliphatic carboxylic acids is 2. The molecule has 0 aliphatic heterocycles. The number of nitrogens with one attached hydrogen (secondary N) is 6. The van der Waals surface area contributed by atoms with Crippen molar-refractivity contribution in [3.63, 3.8) is 0 Å². The van der Waals surface area contributed by atoms with E-state index in [2.05, 4.69) is 61.8 Å². The molecule has 70 heavy (non-hydrogen) atoms. The van der Waals surface area contributed by atoms with Crippen molar-refractivity contribution in [1.29, 1.82) is 0 Å². The Labute approximate surface area is 440 Å². The molecule has 352 valence electrons. The number of anilines is 10. The predicted octanol–water partition coefficient (Wildman–Crippen LogP) is -1.81. The molecule has 2 aromatic heterocycles. The fourth-order valence-corrected chi connectivity index (χ4v) is 7.11. The number of aromatic carboxylic acids is 2. The molecule has 0 saturated carbocycles. The smallest absolute Gasteiger partial charge is 0.744 e. The Balaban J connectivity index is 0.00000533. The average Bonchev–Trinajstić information content (AvgIpc) is 3.25. The summed E-state index contributed by atoms with van der Waals surface area (Å²) in [5, 5.41) is 53.2. The molecule has 0 saturated heterocycles. The molecule has 6 aromatic rings. The van der Waals surface area contributed by atoms with Crippen LogP contribution in [0.4, 0.5) is 58.4 Å². The third-order valence-electron chi connectivity index (χ3n) is 8.81. The van der Waals surface area contributed by atoms with E-state index in [4.69, 9.17) is 10.2 Å². The van der Waals surface area contributed by atoms with Crippen molar-refractivity contribution in [3.8, 4) is 0 Å². The summed E-state index contributed by atoms with van der Waals surface area (Å²) < 4.78 is 75.3. The first kappa shape index (κ1) is 55.7. The molecule has 0 bridgehead atoms. The summed E-state index contributed by atoms with van der Waals surface area (Å²) in [6.07, 6.45) is 1.53. The standard InChI is InChI=1S/C40H36N12O14S2.2Na/c53-31(54)15-17-41-35-47-37(43-25-9-5-23(6-10-25)33(57)58)51-39(49-35)45-27-13-3-21(29(19-27)67(61,62)63)1-2-22-4-14-28(20-30(22)68(64,65)66)46-40-50-36(42-18-16-32(55)56)48-38(52-40)44-26-11-7-24(8-12-26)34(59)60;;/h1-14,19-20H,15-18H2,(H,53,54)(H,55,56)(H,57,58)(H,59,60)(H,61,62,63)(H,64,65,66)(H3,41,43,45,47,49,51)(H3,42,44,46,48,50,52);;/q;2*+1/p-2. The molecule has 10 N–H and O–H groups in total. The first-order valence-electron chi connectivity index (χ1n) is 19.2. The Hall–Kier alpha value is -6.86. The van der Waals surface area contributed by atoms with E-state index in [1.807, 2.05) is 0 Å². The van der Waals surface area contributed by atoms with Crippen LogP contribution >= 0.6 is 0 Å². The molecule has 0 atom stereocenters. The van der Waals surface area contributed by atoms with E-state index in [1.54, 1.807) is 0 Å². The van der Waals surface area contributed by atoms with Gasteiger partial charge in [0.1, 0.15) is 20.2 Å². The monoisotopic (exact) mass is 1020 g/mol. The molecule has 2 heterocycles. The summed E-state index contributed by atoms with van der Waals surface area (Å²) in [6, 6.07) is 17.9. The van der Waals surface area contributed by atoms with Crippen LogP contribution in [0.1, 0.15) is 44.7 Å². The summed E-state index contributed by atoms with van der Waals surface area (Å²) in [5.74, 6) is -5.47. The average molecular weight is 1020 g/mol. The maximum Gasteiger partial charge on any atom is 1.00 e. The zero-order valence-corrected chi connectivity index (χ0v) is 42.1. The van der Waals surface area contributed by atoms with Gasteiger partial charge in [0.15, 0.2) is 0 Å². The van der Waals surface area contributed by atoms with Gasteiger partial charge in [0.2, 0.25) is 35.7 Å². The van der Waals surface area contributed by atoms with Crippen LogP contribution in [0.15, 0.2) is 94.7 Å². The van der Waals surface area contributed by atoms with Crippen LogP contribution in [-0.4, -0.2) is 113 Å². The first-order valence-corrected chi connectivity index (χ1v) is 22.1. The first-order chi connectivity index (χ1) is 32.2. The van der Waals surface area contributed by atoms with Crippen molar-refractivity contribution in [1.82, 2.24) is 29.9 Å². The fourth-order valence-electron chi connectivity index (χ4n) is 5.72. The molecule has 0 aliphatic carbocycles. The quantitative estimate of drug-likeness (QED) is 0.0203. The zero-order chi connectivity index (χ0) is 49.2. The van der Waals surface area contributed by atoms with E-state index in [0.717, 1.165) is 24.3 Å². The second kappa shape index (κ2) is 24.6. The summed E-state index contributed by atoms with van der Waals surface area (Å²) >= 11 is 0. The molecule has 0 spiro atoms.